The second-order valence-electron chi connectivity index (χ2n) is 3.82. The molecule has 0 saturated carbocycles. The van der Waals surface area contributed by atoms with E-state index < -0.39 is 0 Å². The minimum atomic E-state index is 0.743. The highest BCUT2D eigenvalue weighted by atomic mass is 15.2. The standard InChI is InChI=1S/C8H16N2/c1-6(2)10-4-7-3-9-8(7)5-10/h6-9H,3-5H2,1-2H3. The first-order chi connectivity index (χ1) is 4.77. The van der Waals surface area contributed by atoms with Crippen LogP contribution in [0, 0.1) is 5.92 Å². The molecule has 0 aromatic rings. The van der Waals surface area contributed by atoms with Crippen LogP contribution < -0.4 is 5.32 Å². The van der Waals surface area contributed by atoms with Gasteiger partial charge in [-0.1, -0.05) is 0 Å². The first-order valence-electron chi connectivity index (χ1n) is 4.25. The molecule has 0 aromatic carbocycles. The molecule has 10 heavy (non-hydrogen) atoms. The lowest BCUT2D eigenvalue weighted by atomic mass is 9.96. The van der Waals surface area contributed by atoms with Crippen molar-refractivity contribution in [1.82, 2.24) is 10.2 Å². The molecule has 2 unspecified atom stereocenters. The van der Waals surface area contributed by atoms with Crippen LogP contribution in [0.2, 0.25) is 0 Å². The highest BCUT2D eigenvalue weighted by Crippen LogP contribution is 2.24. The Balaban J connectivity index is 1.92. The molecule has 2 heteroatoms. The molecule has 2 aliphatic heterocycles. The fourth-order valence-electron chi connectivity index (χ4n) is 1.91. The summed E-state index contributed by atoms with van der Waals surface area (Å²) in [5.41, 5.74) is 0. The molecule has 0 radical (unpaired) electrons. The fourth-order valence-corrected chi connectivity index (χ4v) is 1.91. The Bertz CT molecular complexity index is 121. The van der Waals surface area contributed by atoms with Crippen LogP contribution in [0.15, 0.2) is 0 Å². The zero-order chi connectivity index (χ0) is 7.14. The van der Waals surface area contributed by atoms with E-state index in [2.05, 4.69) is 24.1 Å². The van der Waals surface area contributed by atoms with Gasteiger partial charge < -0.3 is 5.32 Å². The molecule has 0 aliphatic carbocycles. The average Bonchev–Trinajstić information content (AvgIpc) is 2.09. The van der Waals surface area contributed by atoms with Gasteiger partial charge in [0.25, 0.3) is 0 Å². The molecular formula is C8H16N2. The number of hydrogen-bond donors (Lipinski definition) is 1. The minimum Gasteiger partial charge on any atom is -0.312 e. The van der Waals surface area contributed by atoms with E-state index in [4.69, 9.17) is 0 Å². The van der Waals surface area contributed by atoms with Crippen LogP contribution in [0.1, 0.15) is 13.8 Å². The molecule has 2 rings (SSSR count). The maximum absolute atomic E-state index is 3.45. The van der Waals surface area contributed by atoms with Gasteiger partial charge in [-0.25, -0.2) is 0 Å². The smallest absolute Gasteiger partial charge is 0.0247 e. The van der Waals surface area contributed by atoms with Gasteiger partial charge in [-0.05, 0) is 13.8 Å². The lowest BCUT2D eigenvalue weighted by Gasteiger charge is -2.30. The molecule has 0 aromatic heterocycles. The van der Waals surface area contributed by atoms with Crippen LogP contribution in [0.3, 0.4) is 0 Å². The highest BCUT2D eigenvalue weighted by Gasteiger charge is 2.39. The van der Waals surface area contributed by atoms with E-state index in [1.807, 2.05) is 0 Å². The summed E-state index contributed by atoms with van der Waals surface area (Å²) in [4.78, 5) is 2.56. The Morgan fingerprint density at radius 2 is 2.20 bits per heavy atom. The van der Waals surface area contributed by atoms with E-state index in [-0.39, 0.29) is 0 Å². The van der Waals surface area contributed by atoms with E-state index >= 15 is 0 Å². The van der Waals surface area contributed by atoms with Gasteiger partial charge in [0.2, 0.25) is 0 Å². The summed E-state index contributed by atoms with van der Waals surface area (Å²) >= 11 is 0. The number of nitrogens with zero attached hydrogens (tertiary/aromatic N) is 1. The Hall–Kier alpha value is -0.0800. The largest absolute Gasteiger partial charge is 0.312 e. The van der Waals surface area contributed by atoms with Crippen LogP contribution in [-0.2, 0) is 0 Å². The predicted molar refractivity (Wildman–Crippen MR) is 42.0 cm³/mol. The fraction of sp³-hybridized carbons (Fsp3) is 1.00. The number of nitrogens with one attached hydrogen (secondary N) is 1. The quantitative estimate of drug-likeness (QED) is 0.563. The van der Waals surface area contributed by atoms with Crippen molar-refractivity contribution < 1.29 is 0 Å². The van der Waals surface area contributed by atoms with Gasteiger partial charge in [-0.3, -0.25) is 4.90 Å². The highest BCUT2D eigenvalue weighted by molar-refractivity contribution is 4.98. The van der Waals surface area contributed by atoms with E-state index in [0.29, 0.717) is 0 Å². The Labute approximate surface area is 62.6 Å². The molecule has 0 bridgehead atoms. The van der Waals surface area contributed by atoms with Crippen molar-refractivity contribution in [3.8, 4) is 0 Å². The van der Waals surface area contributed by atoms with Crippen LogP contribution in [0.5, 0.6) is 0 Å². The van der Waals surface area contributed by atoms with Crippen LogP contribution in [0.25, 0.3) is 0 Å². The van der Waals surface area contributed by atoms with Crippen molar-refractivity contribution in [2.24, 2.45) is 5.92 Å². The number of likely N-dealkylation sites (tertiary alicyclic amines) is 1. The van der Waals surface area contributed by atoms with Crippen molar-refractivity contribution >= 4 is 0 Å². The first-order valence-corrected chi connectivity index (χ1v) is 4.25. The van der Waals surface area contributed by atoms with Gasteiger partial charge in [0.15, 0.2) is 0 Å². The van der Waals surface area contributed by atoms with Gasteiger partial charge in [0, 0.05) is 37.6 Å². The summed E-state index contributed by atoms with van der Waals surface area (Å²) in [6.07, 6.45) is 0. The topological polar surface area (TPSA) is 15.3 Å². The predicted octanol–water partition coefficient (Wildman–Crippen LogP) is 0.298. The molecule has 0 spiro atoms. The van der Waals surface area contributed by atoms with Gasteiger partial charge in [0.1, 0.15) is 0 Å². The molecular weight excluding hydrogens is 124 g/mol. The van der Waals surface area contributed by atoms with Crippen LogP contribution in [-0.4, -0.2) is 36.6 Å². The zero-order valence-corrected chi connectivity index (χ0v) is 6.80. The van der Waals surface area contributed by atoms with Gasteiger partial charge in [-0.2, -0.15) is 0 Å². The number of fused-ring (bicyclic) bond motifs is 1. The summed E-state index contributed by atoms with van der Waals surface area (Å²) in [6.45, 7) is 8.43. The summed E-state index contributed by atoms with van der Waals surface area (Å²) in [5, 5.41) is 3.45. The Morgan fingerprint density at radius 1 is 1.40 bits per heavy atom. The third kappa shape index (κ3) is 0.867. The Morgan fingerprint density at radius 3 is 2.50 bits per heavy atom. The van der Waals surface area contributed by atoms with E-state index in [1.165, 1.54) is 19.6 Å². The monoisotopic (exact) mass is 140 g/mol. The maximum Gasteiger partial charge on any atom is 0.0247 e. The van der Waals surface area contributed by atoms with E-state index in [1.54, 1.807) is 0 Å². The normalized spacial score (nSPS) is 39.9. The van der Waals surface area contributed by atoms with Crippen LogP contribution >= 0.6 is 0 Å². The summed E-state index contributed by atoms with van der Waals surface area (Å²) in [7, 11) is 0. The maximum atomic E-state index is 3.45. The zero-order valence-electron chi connectivity index (χ0n) is 6.80. The molecule has 2 saturated heterocycles. The molecule has 2 nitrogen and oxygen atoms in total. The molecule has 2 fully saturated rings. The van der Waals surface area contributed by atoms with Crippen molar-refractivity contribution in [3.63, 3.8) is 0 Å². The van der Waals surface area contributed by atoms with Gasteiger partial charge >= 0.3 is 0 Å². The first kappa shape index (κ1) is 6.62. The Kier molecular flexibility index (Phi) is 1.46. The second kappa shape index (κ2) is 2.21. The summed E-state index contributed by atoms with van der Waals surface area (Å²) < 4.78 is 0. The second-order valence-corrected chi connectivity index (χ2v) is 3.82. The number of hydrogen-bond acceptors (Lipinski definition) is 2. The third-order valence-corrected chi connectivity index (χ3v) is 2.84. The third-order valence-electron chi connectivity index (χ3n) is 2.84. The van der Waals surface area contributed by atoms with Crippen LogP contribution in [0.4, 0.5) is 0 Å². The number of rotatable bonds is 1. The van der Waals surface area contributed by atoms with E-state index in [9.17, 15) is 0 Å². The minimum absolute atomic E-state index is 0.743. The lowest BCUT2D eigenvalue weighted by Crippen LogP contribution is -2.51. The molecule has 2 aliphatic rings. The molecule has 2 heterocycles. The van der Waals surface area contributed by atoms with E-state index in [0.717, 1.165) is 18.0 Å². The molecule has 2 atom stereocenters. The van der Waals surface area contributed by atoms with Gasteiger partial charge in [0.05, 0.1) is 0 Å². The van der Waals surface area contributed by atoms with Gasteiger partial charge in [-0.15, -0.1) is 0 Å². The van der Waals surface area contributed by atoms with Crippen molar-refractivity contribution in [1.29, 1.82) is 0 Å². The molecule has 0 amide bonds. The molecule has 58 valence electrons. The SMILES string of the molecule is CC(C)N1CC2CNC2C1. The summed E-state index contributed by atoms with van der Waals surface area (Å²) in [5.74, 6) is 0.974. The average molecular weight is 140 g/mol. The van der Waals surface area contributed by atoms with Crippen molar-refractivity contribution in [2.45, 2.75) is 25.9 Å². The summed E-state index contributed by atoms with van der Waals surface area (Å²) in [6, 6.07) is 1.58. The molecule has 1 N–H and O–H groups in total. The lowest BCUT2D eigenvalue weighted by molar-refractivity contribution is 0.269. The van der Waals surface area contributed by atoms with Crippen molar-refractivity contribution in [2.75, 3.05) is 19.6 Å². The van der Waals surface area contributed by atoms with Crippen molar-refractivity contribution in [3.05, 3.63) is 0 Å².